The molecule has 6 nitrogen and oxygen atoms in total. The van der Waals surface area contributed by atoms with Gasteiger partial charge in [0.1, 0.15) is 0 Å². The van der Waals surface area contributed by atoms with Gasteiger partial charge in [-0.25, -0.2) is 8.42 Å². The molecule has 1 saturated heterocycles. The molecule has 1 fully saturated rings. The molecule has 0 aliphatic carbocycles. The van der Waals surface area contributed by atoms with Gasteiger partial charge in [0.05, 0.1) is 35.4 Å². The van der Waals surface area contributed by atoms with Gasteiger partial charge in [-0.05, 0) is 12.5 Å². The van der Waals surface area contributed by atoms with Crippen molar-refractivity contribution < 1.29 is 13.2 Å². The van der Waals surface area contributed by atoms with Gasteiger partial charge in [-0.3, -0.25) is 9.89 Å². The molecule has 1 aliphatic heterocycles. The third kappa shape index (κ3) is 3.84. The van der Waals surface area contributed by atoms with Crippen LogP contribution in [0.25, 0.3) is 0 Å². The van der Waals surface area contributed by atoms with E-state index < -0.39 is 15.8 Å². The van der Waals surface area contributed by atoms with Crippen LogP contribution < -0.4 is 0 Å². The Morgan fingerprint density at radius 3 is 2.62 bits per heavy atom. The largest absolute Gasteiger partial charge is 0.340 e. The van der Waals surface area contributed by atoms with E-state index in [9.17, 15) is 13.2 Å². The molecular formula is C14H23N3O3S. The summed E-state index contributed by atoms with van der Waals surface area (Å²) in [5.41, 5.74) is 1.76. The van der Waals surface area contributed by atoms with Crippen LogP contribution >= 0.6 is 0 Å². The molecule has 2 rings (SSSR count). The number of hydrogen-bond acceptors (Lipinski definition) is 4. The van der Waals surface area contributed by atoms with E-state index in [0.717, 1.165) is 11.4 Å². The highest BCUT2D eigenvalue weighted by molar-refractivity contribution is 7.91. The molecular weight excluding hydrogens is 290 g/mol. The first-order valence-corrected chi connectivity index (χ1v) is 8.91. The molecule has 0 unspecified atom stereocenters. The first-order chi connectivity index (χ1) is 9.58. The fraction of sp³-hybridized carbons (Fsp3) is 0.714. The van der Waals surface area contributed by atoms with Gasteiger partial charge in [-0.15, -0.1) is 0 Å². The first-order valence-electron chi connectivity index (χ1n) is 7.09. The summed E-state index contributed by atoms with van der Waals surface area (Å²) in [4.78, 5) is 13.8. The molecule has 21 heavy (non-hydrogen) atoms. The number of aromatic nitrogens is 2. The molecule has 0 spiro atoms. The summed E-state index contributed by atoms with van der Waals surface area (Å²) in [6.45, 7) is 6.64. The molecule has 7 heteroatoms. The monoisotopic (exact) mass is 313 g/mol. The zero-order valence-corrected chi connectivity index (χ0v) is 13.8. The Bertz CT molecular complexity index is 628. The minimum absolute atomic E-state index is 0.0214. The third-order valence-electron chi connectivity index (χ3n) is 3.76. The molecule has 0 bridgehead atoms. The van der Waals surface area contributed by atoms with Crippen LogP contribution in [0.3, 0.4) is 0 Å². The molecule has 1 aromatic rings. The average molecular weight is 313 g/mol. The summed E-state index contributed by atoms with van der Waals surface area (Å²) < 4.78 is 22.9. The van der Waals surface area contributed by atoms with Gasteiger partial charge in [0.25, 0.3) is 0 Å². The van der Waals surface area contributed by atoms with E-state index in [-0.39, 0.29) is 22.8 Å². The molecule has 1 amide bonds. The minimum Gasteiger partial charge on any atom is -0.340 e. The SMILES string of the molecule is CN(Cc1cc(C(C)(C)C)n[nH]1)C(=O)[C@@H]1CCS(=O)(=O)C1. The van der Waals surface area contributed by atoms with E-state index in [1.807, 2.05) is 6.07 Å². The van der Waals surface area contributed by atoms with Gasteiger partial charge >= 0.3 is 0 Å². The summed E-state index contributed by atoms with van der Waals surface area (Å²) in [6, 6.07) is 1.95. The molecule has 118 valence electrons. The Morgan fingerprint density at radius 1 is 1.48 bits per heavy atom. The Labute approximate surface area is 125 Å². The Hall–Kier alpha value is -1.37. The summed E-state index contributed by atoms with van der Waals surface area (Å²) in [7, 11) is -1.33. The Morgan fingerprint density at radius 2 is 2.14 bits per heavy atom. The van der Waals surface area contributed by atoms with Gasteiger partial charge in [-0.2, -0.15) is 5.10 Å². The molecule has 1 atom stereocenters. The zero-order valence-electron chi connectivity index (χ0n) is 13.0. The number of sulfone groups is 1. The minimum atomic E-state index is -3.03. The van der Waals surface area contributed by atoms with E-state index in [2.05, 4.69) is 31.0 Å². The van der Waals surface area contributed by atoms with Crippen LogP contribution in [-0.2, 0) is 26.6 Å². The summed E-state index contributed by atoms with van der Waals surface area (Å²) in [6.07, 6.45) is 0.432. The number of amides is 1. The fourth-order valence-electron chi connectivity index (χ4n) is 2.46. The Balaban J connectivity index is 2.00. The highest BCUT2D eigenvalue weighted by Gasteiger charge is 2.34. The van der Waals surface area contributed by atoms with Gasteiger partial charge in [0, 0.05) is 12.5 Å². The van der Waals surface area contributed by atoms with E-state index in [4.69, 9.17) is 0 Å². The van der Waals surface area contributed by atoms with Gasteiger partial charge in [0.2, 0.25) is 5.91 Å². The van der Waals surface area contributed by atoms with Crippen molar-refractivity contribution >= 4 is 15.7 Å². The summed E-state index contributed by atoms with van der Waals surface area (Å²) in [5, 5.41) is 7.20. The van der Waals surface area contributed by atoms with Crippen molar-refractivity contribution in [3.63, 3.8) is 0 Å². The number of H-pyrrole nitrogens is 1. The lowest BCUT2D eigenvalue weighted by Crippen LogP contribution is -2.33. The smallest absolute Gasteiger partial charge is 0.226 e. The summed E-state index contributed by atoms with van der Waals surface area (Å²) >= 11 is 0. The van der Waals surface area contributed by atoms with Crippen molar-refractivity contribution in [1.29, 1.82) is 0 Å². The van der Waals surface area contributed by atoms with Crippen LogP contribution in [-0.4, -0.2) is 48.0 Å². The highest BCUT2D eigenvalue weighted by atomic mass is 32.2. The van der Waals surface area contributed by atoms with Crippen molar-refractivity contribution in [1.82, 2.24) is 15.1 Å². The fourth-order valence-corrected chi connectivity index (χ4v) is 4.19. The number of hydrogen-bond donors (Lipinski definition) is 1. The van der Waals surface area contributed by atoms with Crippen LogP contribution in [0, 0.1) is 5.92 Å². The highest BCUT2D eigenvalue weighted by Crippen LogP contribution is 2.23. The second kappa shape index (κ2) is 5.44. The lowest BCUT2D eigenvalue weighted by molar-refractivity contribution is -0.134. The lowest BCUT2D eigenvalue weighted by Gasteiger charge is -2.19. The molecule has 1 aromatic heterocycles. The Kier molecular flexibility index (Phi) is 4.15. The predicted molar refractivity (Wildman–Crippen MR) is 80.5 cm³/mol. The maximum atomic E-state index is 12.3. The van der Waals surface area contributed by atoms with Gasteiger partial charge in [0.15, 0.2) is 9.84 Å². The van der Waals surface area contributed by atoms with Crippen molar-refractivity contribution in [3.8, 4) is 0 Å². The molecule has 0 saturated carbocycles. The van der Waals surface area contributed by atoms with Gasteiger partial charge in [-0.1, -0.05) is 20.8 Å². The maximum Gasteiger partial charge on any atom is 0.226 e. The van der Waals surface area contributed by atoms with E-state index >= 15 is 0 Å². The second-order valence-electron chi connectivity index (χ2n) is 6.82. The lowest BCUT2D eigenvalue weighted by atomic mass is 9.92. The zero-order chi connectivity index (χ0) is 15.8. The van der Waals surface area contributed by atoms with Crippen LogP contribution in [0.15, 0.2) is 6.07 Å². The van der Waals surface area contributed by atoms with Crippen molar-refractivity contribution in [2.45, 2.75) is 39.2 Å². The topological polar surface area (TPSA) is 83.1 Å². The number of nitrogens with zero attached hydrogens (tertiary/aromatic N) is 2. The molecule has 0 radical (unpaired) electrons. The molecule has 1 aliphatic rings. The van der Waals surface area contributed by atoms with Crippen molar-refractivity contribution in [3.05, 3.63) is 17.5 Å². The molecule has 1 N–H and O–H groups in total. The number of nitrogens with one attached hydrogen (secondary N) is 1. The van der Waals surface area contributed by atoms with E-state index in [1.165, 1.54) is 0 Å². The molecule has 2 heterocycles. The number of aromatic amines is 1. The predicted octanol–water partition coefficient (Wildman–Crippen LogP) is 1.10. The molecule has 0 aromatic carbocycles. The number of carbonyl (C=O) groups is 1. The summed E-state index contributed by atoms with van der Waals surface area (Å²) in [5.74, 6) is -0.407. The van der Waals surface area contributed by atoms with Crippen LogP contribution in [0.5, 0.6) is 0 Å². The standard InChI is InChI=1S/C14H23N3O3S/c1-14(2,3)12-7-11(15-16-12)8-17(4)13(18)10-5-6-21(19,20)9-10/h7,10H,5-6,8-9H2,1-4H3,(H,15,16)/t10-/m1/s1. The van der Waals surface area contributed by atoms with Crippen LogP contribution in [0.4, 0.5) is 0 Å². The average Bonchev–Trinajstić information content (AvgIpc) is 2.94. The van der Waals surface area contributed by atoms with E-state index in [0.29, 0.717) is 13.0 Å². The van der Waals surface area contributed by atoms with Crippen molar-refractivity contribution in [2.24, 2.45) is 5.92 Å². The normalized spacial score (nSPS) is 21.4. The maximum absolute atomic E-state index is 12.3. The van der Waals surface area contributed by atoms with Crippen LogP contribution in [0.1, 0.15) is 38.6 Å². The van der Waals surface area contributed by atoms with Gasteiger partial charge < -0.3 is 4.90 Å². The van der Waals surface area contributed by atoms with Crippen LogP contribution in [0.2, 0.25) is 0 Å². The number of rotatable bonds is 3. The van der Waals surface area contributed by atoms with Crippen molar-refractivity contribution in [2.75, 3.05) is 18.6 Å². The number of carbonyl (C=O) groups excluding carboxylic acids is 1. The van der Waals surface area contributed by atoms with E-state index in [1.54, 1.807) is 11.9 Å². The first kappa shape index (κ1) is 16.0. The third-order valence-corrected chi connectivity index (χ3v) is 5.53. The quantitative estimate of drug-likeness (QED) is 0.906. The second-order valence-corrected chi connectivity index (χ2v) is 9.05.